The number of hydrogen-bond donors (Lipinski definition) is 1. The van der Waals surface area contributed by atoms with Crippen molar-refractivity contribution in [2.24, 2.45) is 0 Å². The van der Waals surface area contributed by atoms with Gasteiger partial charge in [-0.3, -0.25) is 14.9 Å². The molecule has 182 valence electrons. The highest BCUT2D eigenvalue weighted by Gasteiger charge is 2.25. The molecular weight excluding hydrogens is 482 g/mol. The molecule has 0 saturated carbocycles. The third kappa shape index (κ3) is 5.32. The highest BCUT2D eigenvalue weighted by molar-refractivity contribution is 7.19. The van der Waals surface area contributed by atoms with Crippen LogP contribution in [-0.4, -0.2) is 15.8 Å². The summed E-state index contributed by atoms with van der Waals surface area (Å²) in [6.07, 6.45) is 0. The number of anilines is 1. The highest BCUT2D eigenvalue weighted by Crippen LogP contribution is 2.40. The Kier molecular flexibility index (Phi) is 6.87. The van der Waals surface area contributed by atoms with E-state index in [0.717, 1.165) is 32.7 Å². The Labute approximate surface area is 218 Å². The first-order chi connectivity index (χ1) is 18.0. The first-order valence-corrected chi connectivity index (χ1v) is 12.5. The van der Waals surface area contributed by atoms with Gasteiger partial charge in [-0.25, -0.2) is 4.98 Å². The van der Waals surface area contributed by atoms with Crippen LogP contribution in [0.3, 0.4) is 0 Å². The van der Waals surface area contributed by atoms with Crippen molar-refractivity contribution in [2.45, 2.75) is 12.8 Å². The topological polar surface area (TPSA) is 85.1 Å². The molecule has 0 aliphatic carbocycles. The van der Waals surface area contributed by atoms with Crippen LogP contribution in [0.4, 0.5) is 10.8 Å². The Hall–Kier alpha value is -4.62. The summed E-state index contributed by atoms with van der Waals surface area (Å²) in [5.74, 6) is -0.686. The Bertz CT molecular complexity index is 1490. The summed E-state index contributed by atoms with van der Waals surface area (Å²) >= 11 is 1.35. The van der Waals surface area contributed by atoms with Gasteiger partial charge in [0.2, 0.25) is 5.91 Å². The van der Waals surface area contributed by atoms with Gasteiger partial charge in [-0.15, -0.1) is 0 Å². The zero-order valence-corrected chi connectivity index (χ0v) is 20.8. The molecule has 0 aliphatic rings. The van der Waals surface area contributed by atoms with Crippen molar-refractivity contribution in [1.82, 2.24) is 4.98 Å². The quantitative estimate of drug-likeness (QED) is 0.184. The van der Waals surface area contributed by atoms with E-state index in [1.807, 2.05) is 91.9 Å². The molecule has 5 rings (SSSR count). The molecule has 0 fully saturated rings. The molecule has 0 spiro atoms. The predicted octanol–water partition coefficient (Wildman–Crippen LogP) is 7.46. The molecule has 7 heteroatoms. The third-order valence-electron chi connectivity index (χ3n) is 6.05. The molecular formula is C30H23N3O3S. The van der Waals surface area contributed by atoms with Crippen molar-refractivity contribution in [3.05, 3.63) is 136 Å². The summed E-state index contributed by atoms with van der Waals surface area (Å²) in [6, 6.07) is 33.7. The average Bonchev–Trinajstić information content (AvgIpc) is 3.34. The number of nitro groups is 1. The fraction of sp³-hybridized carbons (Fsp3) is 0.0667. The molecule has 37 heavy (non-hydrogen) atoms. The second kappa shape index (κ2) is 10.6. The minimum absolute atomic E-state index is 0.0206. The van der Waals surface area contributed by atoms with Crippen molar-refractivity contribution in [3.8, 4) is 21.7 Å². The number of nitro benzene ring substituents is 1. The Balaban J connectivity index is 1.54. The lowest BCUT2D eigenvalue weighted by atomic mass is 9.90. The highest BCUT2D eigenvalue weighted by atomic mass is 32.1. The molecule has 5 aromatic rings. The lowest BCUT2D eigenvalue weighted by molar-refractivity contribution is -0.384. The number of carbonyl (C=O) groups excluding carboxylic acids is 1. The maximum Gasteiger partial charge on any atom is 0.269 e. The number of thiazole rings is 1. The predicted molar refractivity (Wildman–Crippen MR) is 148 cm³/mol. The molecule has 0 saturated heterocycles. The standard InChI is InChI=1S/C30H23N3O3S/c1-20-12-14-23(15-13-20)27-28(24-16-18-25(19-17-24)33(35)36)37-30(31-27)32-29(34)26(21-8-4-2-5-9-21)22-10-6-3-7-11-22/h2-19,26H,1H3,(H,31,32,34). The number of aromatic nitrogens is 1. The van der Waals surface area contributed by atoms with Crippen molar-refractivity contribution >= 4 is 28.1 Å². The zero-order chi connectivity index (χ0) is 25.8. The Morgan fingerprint density at radius 3 is 1.89 bits per heavy atom. The molecule has 1 amide bonds. The van der Waals surface area contributed by atoms with Crippen LogP contribution in [0.15, 0.2) is 109 Å². The maximum absolute atomic E-state index is 13.7. The SMILES string of the molecule is Cc1ccc(-c2nc(NC(=O)C(c3ccccc3)c3ccccc3)sc2-c2ccc([N+](=O)[O-])cc2)cc1. The number of aryl methyl sites for hydroxylation is 1. The number of nitrogens with one attached hydrogen (secondary N) is 1. The first kappa shape index (κ1) is 24.1. The van der Waals surface area contributed by atoms with Crippen molar-refractivity contribution in [1.29, 1.82) is 0 Å². The maximum atomic E-state index is 13.7. The van der Waals surface area contributed by atoms with Gasteiger partial charge in [0.25, 0.3) is 5.69 Å². The van der Waals surface area contributed by atoms with Gasteiger partial charge in [-0.2, -0.15) is 0 Å². The van der Waals surface area contributed by atoms with E-state index in [1.54, 1.807) is 12.1 Å². The van der Waals surface area contributed by atoms with Gasteiger partial charge in [0.05, 0.1) is 21.4 Å². The van der Waals surface area contributed by atoms with Crippen molar-refractivity contribution in [3.63, 3.8) is 0 Å². The van der Waals surface area contributed by atoms with Gasteiger partial charge in [0.15, 0.2) is 5.13 Å². The molecule has 0 bridgehead atoms. The molecule has 1 aromatic heterocycles. The minimum atomic E-state index is -0.503. The van der Waals surface area contributed by atoms with Gasteiger partial charge in [0, 0.05) is 17.7 Å². The second-order valence-electron chi connectivity index (χ2n) is 8.61. The number of nitrogens with zero attached hydrogens (tertiary/aromatic N) is 2. The van der Waals surface area contributed by atoms with E-state index in [-0.39, 0.29) is 11.6 Å². The molecule has 0 aliphatic heterocycles. The fourth-order valence-corrected chi connectivity index (χ4v) is 5.17. The number of non-ortho nitro benzene ring substituents is 1. The molecule has 1 heterocycles. The monoisotopic (exact) mass is 505 g/mol. The van der Waals surface area contributed by atoms with Crippen LogP contribution >= 0.6 is 11.3 Å². The number of carbonyl (C=O) groups is 1. The van der Waals surface area contributed by atoms with E-state index in [1.165, 1.54) is 23.5 Å². The van der Waals surface area contributed by atoms with Crippen LogP contribution in [0.1, 0.15) is 22.6 Å². The van der Waals surface area contributed by atoms with Gasteiger partial charge >= 0.3 is 0 Å². The van der Waals surface area contributed by atoms with Crippen LogP contribution < -0.4 is 5.32 Å². The van der Waals surface area contributed by atoms with Crippen molar-refractivity contribution < 1.29 is 9.72 Å². The van der Waals surface area contributed by atoms with Crippen LogP contribution in [0, 0.1) is 17.0 Å². The molecule has 0 atom stereocenters. The summed E-state index contributed by atoms with van der Waals surface area (Å²) in [6.45, 7) is 2.01. The lowest BCUT2D eigenvalue weighted by Crippen LogP contribution is -2.22. The van der Waals surface area contributed by atoms with Gasteiger partial charge in [0.1, 0.15) is 0 Å². The van der Waals surface area contributed by atoms with E-state index in [4.69, 9.17) is 4.98 Å². The van der Waals surface area contributed by atoms with E-state index < -0.39 is 10.8 Å². The third-order valence-corrected chi connectivity index (χ3v) is 7.07. The summed E-state index contributed by atoms with van der Waals surface area (Å²) in [4.78, 5) is 30.0. The molecule has 0 radical (unpaired) electrons. The van der Waals surface area contributed by atoms with E-state index >= 15 is 0 Å². The summed E-state index contributed by atoms with van der Waals surface area (Å²) in [7, 11) is 0. The van der Waals surface area contributed by atoms with Crippen molar-refractivity contribution in [2.75, 3.05) is 5.32 Å². The second-order valence-corrected chi connectivity index (χ2v) is 9.61. The normalized spacial score (nSPS) is 10.9. The first-order valence-electron chi connectivity index (χ1n) is 11.7. The van der Waals surface area contributed by atoms with Crippen LogP contribution in [0.2, 0.25) is 0 Å². The minimum Gasteiger partial charge on any atom is -0.301 e. The lowest BCUT2D eigenvalue weighted by Gasteiger charge is -2.17. The van der Waals surface area contributed by atoms with E-state index in [9.17, 15) is 14.9 Å². The number of benzene rings is 4. The molecule has 0 unspecified atom stereocenters. The summed E-state index contributed by atoms with van der Waals surface area (Å²) in [5, 5.41) is 14.6. The number of rotatable bonds is 7. The largest absolute Gasteiger partial charge is 0.301 e. The van der Waals surface area contributed by atoms with Crippen LogP contribution in [0.25, 0.3) is 21.7 Å². The van der Waals surface area contributed by atoms with Gasteiger partial charge in [-0.1, -0.05) is 102 Å². The Morgan fingerprint density at radius 2 is 1.35 bits per heavy atom. The van der Waals surface area contributed by atoms with E-state index in [0.29, 0.717) is 10.8 Å². The van der Waals surface area contributed by atoms with Gasteiger partial charge in [-0.05, 0) is 35.7 Å². The smallest absolute Gasteiger partial charge is 0.269 e. The zero-order valence-electron chi connectivity index (χ0n) is 20.0. The molecule has 1 N–H and O–H groups in total. The van der Waals surface area contributed by atoms with Crippen LogP contribution in [0.5, 0.6) is 0 Å². The molecule has 4 aromatic carbocycles. The molecule has 6 nitrogen and oxygen atoms in total. The Morgan fingerprint density at radius 1 is 0.811 bits per heavy atom. The number of amides is 1. The summed E-state index contributed by atoms with van der Waals surface area (Å²) in [5.41, 5.74) is 5.32. The fourth-order valence-electron chi connectivity index (χ4n) is 4.17. The number of hydrogen-bond acceptors (Lipinski definition) is 5. The van der Waals surface area contributed by atoms with Gasteiger partial charge < -0.3 is 5.32 Å². The van der Waals surface area contributed by atoms with E-state index in [2.05, 4.69) is 5.32 Å². The average molecular weight is 506 g/mol. The summed E-state index contributed by atoms with van der Waals surface area (Å²) < 4.78 is 0. The van der Waals surface area contributed by atoms with Crippen LogP contribution in [-0.2, 0) is 4.79 Å².